The van der Waals surface area contributed by atoms with Gasteiger partial charge in [0.15, 0.2) is 18.9 Å². The lowest BCUT2D eigenvalue weighted by molar-refractivity contribution is -0.382. The molecule has 0 aromatic rings. The van der Waals surface area contributed by atoms with E-state index in [1.165, 1.54) is 6.92 Å². The average Bonchev–Trinajstić information content (AvgIpc) is 2.80. The minimum atomic E-state index is -1.89. The fourth-order valence-electron chi connectivity index (χ4n) is 3.99. The van der Waals surface area contributed by atoms with E-state index in [1.54, 1.807) is 0 Å². The Bertz CT molecular complexity index is 624. The SMILES string of the molecule is C[C@@H]1O[C@H](O[C@@H]2[C@H](O[C@H]3O[C@H](CO)[C@@H](O)[C@H](O)[C@H]3O)[C@@H](O)[C@@H](O)O[C@@H]2CO)[C@@H](O)[C@H](O)[C@@H]1O. The molecule has 0 bridgehead atoms. The number of aliphatic hydroxyl groups is 10. The Labute approximate surface area is 187 Å². The summed E-state index contributed by atoms with van der Waals surface area (Å²) in [5.41, 5.74) is 0. The van der Waals surface area contributed by atoms with Crippen molar-refractivity contribution in [1.29, 1.82) is 0 Å². The normalized spacial score (nSPS) is 53.7. The molecule has 3 rings (SSSR count). The van der Waals surface area contributed by atoms with Crippen molar-refractivity contribution in [3.05, 3.63) is 0 Å². The Hall–Kier alpha value is -0.600. The molecule has 3 fully saturated rings. The van der Waals surface area contributed by atoms with E-state index in [9.17, 15) is 51.1 Å². The zero-order valence-electron chi connectivity index (χ0n) is 17.6. The lowest BCUT2D eigenvalue weighted by Crippen LogP contribution is -2.66. The number of hydrogen-bond acceptors (Lipinski definition) is 15. The predicted octanol–water partition coefficient (Wildman–Crippen LogP) is -6.55. The minimum Gasteiger partial charge on any atom is -0.394 e. The highest BCUT2D eigenvalue weighted by atomic mass is 16.8. The summed E-state index contributed by atoms with van der Waals surface area (Å²) < 4.78 is 26.9. The maximum absolute atomic E-state index is 10.5. The maximum Gasteiger partial charge on any atom is 0.187 e. The molecular weight excluding hydrogens is 456 g/mol. The van der Waals surface area contributed by atoms with Crippen LogP contribution in [0.4, 0.5) is 0 Å². The summed E-state index contributed by atoms with van der Waals surface area (Å²) in [5.74, 6) is 0. The largest absolute Gasteiger partial charge is 0.394 e. The van der Waals surface area contributed by atoms with Crippen molar-refractivity contribution in [2.75, 3.05) is 13.2 Å². The number of rotatable bonds is 6. The standard InChI is InChI=1S/C18H32O15/c1-4-7(21)9(23)11(25)17(29-4)32-14-6(3-20)30-16(28)13(27)15(14)33-18-12(26)10(24)8(22)5(2-19)31-18/h4-28H,2-3H2,1H3/t4-,5+,6+,7+,8+,9+,10-,11-,12+,13+,14-,15+,16-,17+,18+/m0/s1. The highest BCUT2D eigenvalue weighted by Gasteiger charge is 2.53. The number of aliphatic hydroxyl groups excluding tert-OH is 10. The molecule has 3 aliphatic rings. The first kappa shape index (κ1) is 27.0. The molecule has 3 heterocycles. The highest BCUT2D eigenvalue weighted by Crippen LogP contribution is 2.32. The van der Waals surface area contributed by atoms with E-state index in [1.807, 2.05) is 0 Å². The second-order valence-corrected chi connectivity index (χ2v) is 8.32. The van der Waals surface area contributed by atoms with Crippen molar-refractivity contribution in [1.82, 2.24) is 0 Å². The third-order valence-electron chi connectivity index (χ3n) is 6.05. The van der Waals surface area contributed by atoms with E-state index in [2.05, 4.69) is 0 Å². The van der Waals surface area contributed by atoms with Gasteiger partial charge < -0.3 is 74.7 Å². The van der Waals surface area contributed by atoms with Gasteiger partial charge in [-0.25, -0.2) is 0 Å². The fourth-order valence-corrected chi connectivity index (χ4v) is 3.99. The molecule has 15 atom stereocenters. The van der Waals surface area contributed by atoms with E-state index in [0.717, 1.165) is 0 Å². The van der Waals surface area contributed by atoms with Crippen LogP contribution in [0, 0.1) is 0 Å². The first-order valence-electron chi connectivity index (χ1n) is 10.4. The topological polar surface area (TPSA) is 248 Å². The summed E-state index contributed by atoms with van der Waals surface area (Å²) in [6, 6.07) is 0. The summed E-state index contributed by atoms with van der Waals surface area (Å²) in [5, 5.41) is 99.8. The first-order chi connectivity index (χ1) is 15.5. The maximum atomic E-state index is 10.5. The van der Waals surface area contributed by atoms with Gasteiger partial charge in [-0.2, -0.15) is 0 Å². The Morgan fingerprint density at radius 3 is 1.64 bits per heavy atom. The van der Waals surface area contributed by atoms with Gasteiger partial charge in [0.2, 0.25) is 0 Å². The molecule has 10 N–H and O–H groups in total. The van der Waals surface area contributed by atoms with Crippen molar-refractivity contribution in [3.8, 4) is 0 Å². The monoisotopic (exact) mass is 488 g/mol. The molecule has 0 radical (unpaired) electrons. The summed E-state index contributed by atoms with van der Waals surface area (Å²) in [6.45, 7) is -0.118. The van der Waals surface area contributed by atoms with Gasteiger partial charge in [-0.1, -0.05) is 0 Å². The molecule has 33 heavy (non-hydrogen) atoms. The molecule has 3 saturated heterocycles. The van der Waals surface area contributed by atoms with Gasteiger partial charge in [-0.3, -0.25) is 0 Å². The molecule has 0 aromatic carbocycles. The highest BCUT2D eigenvalue weighted by molar-refractivity contribution is 4.96. The smallest absolute Gasteiger partial charge is 0.187 e. The zero-order valence-corrected chi connectivity index (χ0v) is 17.6. The molecule has 194 valence electrons. The predicted molar refractivity (Wildman–Crippen MR) is 99.8 cm³/mol. The molecule has 15 nitrogen and oxygen atoms in total. The fraction of sp³-hybridized carbons (Fsp3) is 1.00. The van der Waals surface area contributed by atoms with Crippen LogP contribution in [0.1, 0.15) is 6.92 Å². The van der Waals surface area contributed by atoms with E-state index >= 15 is 0 Å². The third-order valence-corrected chi connectivity index (χ3v) is 6.05. The van der Waals surface area contributed by atoms with Crippen molar-refractivity contribution in [2.45, 2.75) is 99.0 Å². The van der Waals surface area contributed by atoms with Crippen molar-refractivity contribution in [3.63, 3.8) is 0 Å². The van der Waals surface area contributed by atoms with Gasteiger partial charge >= 0.3 is 0 Å². The lowest BCUT2D eigenvalue weighted by atomic mass is 9.96. The van der Waals surface area contributed by atoms with Crippen LogP contribution in [-0.2, 0) is 23.7 Å². The van der Waals surface area contributed by atoms with Crippen LogP contribution in [0.25, 0.3) is 0 Å². The lowest BCUT2D eigenvalue weighted by Gasteiger charge is -2.48. The Morgan fingerprint density at radius 2 is 1.06 bits per heavy atom. The first-order valence-corrected chi connectivity index (χ1v) is 10.4. The average molecular weight is 488 g/mol. The molecule has 3 aliphatic heterocycles. The molecule has 15 heteroatoms. The molecular formula is C18H32O15. The van der Waals surface area contributed by atoms with E-state index < -0.39 is 105 Å². The van der Waals surface area contributed by atoms with E-state index in [0.29, 0.717) is 0 Å². The molecule has 0 spiro atoms. The number of hydrogen-bond donors (Lipinski definition) is 10. The van der Waals surface area contributed by atoms with Gasteiger partial charge in [-0.05, 0) is 6.92 Å². The van der Waals surface area contributed by atoms with Crippen LogP contribution in [-0.4, -0.2) is 156 Å². The van der Waals surface area contributed by atoms with Crippen molar-refractivity contribution >= 4 is 0 Å². The van der Waals surface area contributed by atoms with Crippen LogP contribution in [0.3, 0.4) is 0 Å². The van der Waals surface area contributed by atoms with Gasteiger partial charge in [0.05, 0.1) is 19.3 Å². The van der Waals surface area contributed by atoms with Crippen LogP contribution in [0.2, 0.25) is 0 Å². The van der Waals surface area contributed by atoms with Gasteiger partial charge in [0.25, 0.3) is 0 Å². The van der Waals surface area contributed by atoms with Crippen LogP contribution >= 0.6 is 0 Å². The molecule has 0 unspecified atom stereocenters. The number of ether oxygens (including phenoxy) is 5. The van der Waals surface area contributed by atoms with Crippen LogP contribution in [0.5, 0.6) is 0 Å². The van der Waals surface area contributed by atoms with Crippen LogP contribution in [0.15, 0.2) is 0 Å². The molecule has 0 aromatic heterocycles. The Kier molecular flexibility index (Phi) is 8.99. The summed E-state index contributed by atoms with van der Waals surface area (Å²) in [6.07, 6.45) is -24.1. The Balaban J connectivity index is 1.83. The van der Waals surface area contributed by atoms with E-state index in [4.69, 9.17) is 23.7 Å². The van der Waals surface area contributed by atoms with Crippen LogP contribution < -0.4 is 0 Å². The Morgan fingerprint density at radius 1 is 0.545 bits per heavy atom. The third kappa shape index (κ3) is 5.32. The molecule has 0 saturated carbocycles. The summed E-state index contributed by atoms with van der Waals surface area (Å²) in [4.78, 5) is 0. The second-order valence-electron chi connectivity index (χ2n) is 8.32. The molecule has 0 amide bonds. The second kappa shape index (κ2) is 11.0. The minimum absolute atomic E-state index is 0.747. The van der Waals surface area contributed by atoms with Crippen molar-refractivity contribution < 1.29 is 74.7 Å². The zero-order chi connectivity index (χ0) is 24.6. The quantitative estimate of drug-likeness (QED) is 0.167. The molecule has 0 aliphatic carbocycles. The van der Waals surface area contributed by atoms with Crippen molar-refractivity contribution in [2.24, 2.45) is 0 Å². The van der Waals surface area contributed by atoms with Gasteiger partial charge in [-0.15, -0.1) is 0 Å². The van der Waals surface area contributed by atoms with E-state index in [-0.39, 0.29) is 0 Å². The summed E-state index contributed by atoms with van der Waals surface area (Å²) in [7, 11) is 0. The van der Waals surface area contributed by atoms with Gasteiger partial charge in [0, 0.05) is 0 Å². The van der Waals surface area contributed by atoms with Gasteiger partial charge in [0.1, 0.15) is 67.1 Å². The summed E-state index contributed by atoms with van der Waals surface area (Å²) >= 11 is 0.